The van der Waals surface area contributed by atoms with Gasteiger partial charge in [0.2, 0.25) is 0 Å². The number of carbonyl (C=O) groups is 3. The summed E-state index contributed by atoms with van der Waals surface area (Å²) in [5.74, 6) is -1.22. The van der Waals surface area contributed by atoms with E-state index in [1.807, 2.05) is 0 Å². The first-order chi connectivity index (χ1) is 6.20. The largest absolute Gasteiger partial charge is 0.478 e. The average Bonchev–Trinajstić information content (AvgIpc) is 2.16. The molecule has 0 unspecified atom stereocenters. The fourth-order valence-electron chi connectivity index (χ4n) is 1.00. The molecule has 0 radical (unpaired) electrons. The van der Waals surface area contributed by atoms with Gasteiger partial charge in [-0.05, 0) is 6.07 Å². The van der Waals surface area contributed by atoms with Gasteiger partial charge >= 0.3 is 5.97 Å². The van der Waals surface area contributed by atoms with Gasteiger partial charge in [0, 0.05) is 11.1 Å². The third kappa shape index (κ3) is 1.61. The number of aldehydes is 2. The Balaban J connectivity index is 3.43. The van der Waals surface area contributed by atoms with E-state index < -0.39 is 5.97 Å². The van der Waals surface area contributed by atoms with E-state index in [4.69, 9.17) is 5.11 Å². The number of rotatable bonds is 3. The second-order valence-electron chi connectivity index (χ2n) is 2.35. The van der Waals surface area contributed by atoms with E-state index in [-0.39, 0.29) is 16.7 Å². The molecule has 0 atom stereocenters. The fourth-order valence-corrected chi connectivity index (χ4v) is 1.00. The Morgan fingerprint density at radius 2 is 1.92 bits per heavy atom. The predicted octanol–water partition coefficient (Wildman–Crippen LogP) is 1.01. The maximum Gasteiger partial charge on any atom is 0.336 e. The molecular formula is C9H6O4. The van der Waals surface area contributed by atoms with Crippen molar-refractivity contribution in [2.75, 3.05) is 0 Å². The Morgan fingerprint density at radius 3 is 2.38 bits per heavy atom. The van der Waals surface area contributed by atoms with E-state index in [0.29, 0.717) is 12.6 Å². The Morgan fingerprint density at radius 1 is 1.23 bits per heavy atom. The summed E-state index contributed by atoms with van der Waals surface area (Å²) in [6.07, 6.45) is 0.823. The Hall–Kier alpha value is -1.97. The lowest BCUT2D eigenvalue weighted by Gasteiger charge is -2.00. The topological polar surface area (TPSA) is 71.4 Å². The molecule has 0 saturated heterocycles. The average molecular weight is 178 g/mol. The molecule has 0 spiro atoms. The summed E-state index contributed by atoms with van der Waals surface area (Å²) < 4.78 is 0. The van der Waals surface area contributed by atoms with Gasteiger partial charge in [0.1, 0.15) is 0 Å². The monoisotopic (exact) mass is 178 g/mol. The second-order valence-corrected chi connectivity index (χ2v) is 2.35. The van der Waals surface area contributed by atoms with Crippen LogP contribution in [-0.2, 0) is 0 Å². The lowest BCUT2D eigenvalue weighted by Crippen LogP contribution is -2.04. The predicted molar refractivity (Wildman–Crippen MR) is 44.2 cm³/mol. The molecule has 0 amide bonds. The highest BCUT2D eigenvalue weighted by Gasteiger charge is 2.11. The van der Waals surface area contributed by atoms with Gasteiger partial charge in [0.25, 0.3) is 0 Å². The molecule has 0 fully saturated rings. The summed E-state index contributed by atoms with van der Waals surface area (Å²) >= 11 is 0. The number of benzene rings is 1. The highest BCUT2D eigenvalue weighted by molar-refractivity contribution is 6.02. The molecule has 1 aromatic carbocycles. The third-order valence-corrected chi connectivity index (χ3v) is 1.62. The van der Waals surface area contributed by atoms with E-state index in [0.717, 1.165) is 0 Å². The van der Waals surface area contributed by atoms with Crippen LogP contribution in [0.1, 0.15) is 31.1 Å². The molecule has 0 saturated carbocycles. The van der Waals surface area contributed by atoms with Gasteiger partial charge in [0.05, 0.1) is 5.56 Å². The van der Waals surface area contributed by atoms with Gasteiger partial charge in [0.15, 0.2) is 12.6 Å². The number of carboxylic acids is 1. The van der Waals surface area contributed by atoms with Crippen LogP contribution in [0, 0.1) is 0 Å². The molecule has 1 aromatic rings. The van der Waals surface area contributed by atoms with Crippen molar-refractivity contribution in [1.82, 2.24) is 0 Å². The van der Waals surface area contributed by atoms with Crippen molar-refractivity contribution >= 4 is 18.5 Å². The van der Waals surface area contributed by atoms with Crippen molar-refractivity contribution in [2.24, 2.45) is 0 Å². The van der Waals surface area contributed by atoms with Crippen LogP contribution in [-0.4, -0.2) is 23.6 Å². The lowest BCUT2D eigenvalue weighted by atomic mass is 10.0. The zero-order valence-electron chi connectivity index (χ0n) is 6.56. The molecular weight excluding hydrogens is 172 g/mol. The minimum atomic E-state index is -1.22. The summed E-state index contributed by atoms with van der Waals surface area (Å²) in [6.45, 7) is 0. The third-order valence-electron chi connectivity index (χ3n) is 1.62. The fraction of sp³-hybridized carbons (Fsp3) is 0. The summed E-state index contributed by atoms with van der Waals surface area (Å²) in [5, 5.41) is 8.64. The lowest BCUT2D eigenvalue weighted by molar-refractivity contribution is 0.0694. The van der Waals surface area contributed by atoms with E-state index in [2.05, 4.69) is 0 Å². The van der Waals surface area contributed by atoms with E-state index in [1.165, 1.54) is 18.2 Å². The van der Waals surface area contributed by atoms with Crippen molar-refractivity contribution in [1.29, 1.82) is 0 Å². The maximum absolute atomic E-state index is 10.6. The van der Waals surface area contributed by atoms with Crippen LogP contribution in [0.4, 0.5) is 0 Å². The minimum absolute atomic E-state index is 0.0787. The van der Waals surface area contributed by atoms with Crippen molar-refractivity contribution in [3.05, 3.63) is 34.9 Å². The second kappa shape index (κ2) is 3.62. The van der Waals surface area contributed by atoms with Crippen molar-refractivity contribution in [3.63, 3.8) is 0 Å². The molecule has 0 bridgehead atoms. The minimum Gasteiger partial charge on any atom is -0.478 e. The van der Waals surface area contributed by atoms with E-state index in [9.17, 15) is 14.4 Å². The maximum atomic E-state index is 10.6. The van der Waals surface area contributed by atoms with Crippen LogP contribution in [0.25, 0.3) is 0 Å². The zero-order valence-corrected chi connectivity index (χ0v) is 6.56. The van der Waals surface area contributed by atoms with Gasteiger partial charge in [-0.3, -0.25) is 9.59 Å². The van der Waals surface area contributed by atoms with Crippen molar-refractivity contribution in [2.45, 2.75) is 0 Å². The first-order valence-corrected chi connectivity index (χ1v) is 3.47. The van der Waals surface area contributed by atoms with Gasteiger partial charge in [-0.2, -0.15) is 0 Å². The highest BCUT2D eigenvalue weighted by atomic mass is 16.4. The number of carbonyl (C=O) groups excluding carboxylic acids is 2. The molecule has 1 N–H and O–H groups in total. The molecule has 0 aromatic heterocycles. The van der Waals surface area contributed by atoms with Crippen LogP contribution in [0.2, 0.25) is 0 Å². The van der Waals surface area contributed by atoms with Gasteiger partial charge in [-0.25, -0.2) is 4.79 Å². The molecule has 0 aliphatic heterocycles. The smallest absolute Gasteiger partial charge is 0.336 e. The first kappa shape index (κ1) is 9.12. The Bertz CT molecular complexity index is 368. The number of aromatic carboxylic acids is 1. The van der Waals surface area contributed by atoms with Gasteiger partial charge < -0.3 is 5.11 Å². The van der Waals surface area contributed by atoms with Crippen LogP contribution < -0.4 is 0 Å². The quantitative estimate of drug-likeness (QED) is 0.701. The number of hydrogen-bond acceptors (Lipinski definition) is 3. The molecule has 0 aliphatic rings. The van der Waals surface area contributed by atoms with Crippen LogP contribution in [0.3, 0.4) is 0 Å². The van der Waals surface area contributed by atoms with Crippen molar-refractivity contribution < 1.29 is 19.5 Å². The van der Waals surface area contributed by atoms with E-state index in [1.54, 1.807) is 0 Å². The Labute approximate surface area is 73.8 Å². The summed E-state index contributed by atoms with van der Waals surface area (Å²) in [6, 6.07) is 4.09. The summed E-state index contributed by atoms with van der Waals surface area (Å²) in [4.78, 5) is 31.5. The van der Waals surface area contributed by atoms with Crippen LogP contribution >= 0.6 is 0 Å². The molecule has 66 valence electrons. The normalized spacial score (nSPS) is 9.23. The van der Waals surface area contributed by atoms with Gasteiger partial charge in [-0.15, -0.1) is 0 Å². The molecule has 13 heavy (non-hydrogen) atoms. The number of hydrogen-bond donors (Lipinski definition) is 1. The highest BCUT2D eigenvalue weighted by Crippen LogP contribution is 2.10. The Kier molecular flexibility index (Phi) is 2.54. The molecule has 0 heterocycles. The van der Waals surface area contributed by atoms with Crippen LogP contribution in [0.15, 0.2) is 18.2 Å². The molecule has 1 rings (SSSR count). The van der Waals surface area contributed by atoms with Crippen LogP contribution in [0.5, 0.6) is 0 Å². The summed E-state index contributed by atoms with van der Waals surface area (Å²) in [5.41, 5.74) is -0.139. The van der Waals surface area contributed by atoms with Crippen molar-refractivity contribution in [3.8, 4) is 0 Å². The SMILES string of the molecule is O=Cc1cccc(C(=O)O)c1C=O. The van der Waals surface area contributed by atoms with E-state index >= 15 is 0 Å². The first-order valence-electron chi connectivity index (χ1n) is 3.47. The number of carboxylic acid groups (broad SMARTS) is 1. The molecule has 4 heteroatoms. The molecule has 0 aliphatic carbocycles. The summed E-state index contributed by atoms with van der Waals surface area (Å²) in [7, 11) is 0. The van der Waals surface area contributed by atoms with Gasteiger partial charge in [-0.1, -0.05) is 12.1 Å². The zero-order chi connectivity index (χ0) is 9.84. The molecule has 4 nitrogen and oxygen atoms in total. The standard InChI is InChI=1S/C9H6O4/c10-4-6-2-1-3-7(9(12)13)8(6)5-11/h1-5H,(H,12,13).